The second-order valence-corrected chi connectivity index (χ2v) is 11.6. The minimum Gasteiger partial charge on any atom is -0.508 e. The highest BCUT2D eigenvalue weighted by atomic mass is 16.6. The van der Waals surface area contributed by atoms with Gasteiger partial charge in [0.05, 0.1) is 16.6 Å². The molecule has 2 unspecified atom stereocenters. The van der Waals surface area contributed by atoms with Crippen LogP contribution in [0.3, 0.4) is 0 Å². The number of rotatable bonds is 4. The number of nitrogens with one attached hydrogen (secondary N) is 1. The van der Waals surface area contributed by atoms with Gasteiger partial charge >= 0.3 is 6.09 Å². The fourth-order valence-corrected chi connectivity index (χ4v) is 5.44. The Bertz CT molecular complexity index is 1550. The first-order valence-electron chi connectivity index (χ1n) is 13.7. The van der Waals surface area contributed by atoms with Crippen LogP contribution in [-0.2, 0) is 4.74 Å². The largest absolute Gasteiger partial charge is 0.508 e. The monoisotopic (exact) mass is 539 g/mol. The van der Waals surface area contributed by atoms with E-state index in [1.165, 1.54) is 5.56 Å². The van der Waals surface area contributed by atoms with E-state index < -0.39 is 5.60 Å². The predicted octanol–water partition coefficient (Wildman–Crippen LogP) is 5.29. The number of amides is 2. The zero-order valence-electron chi connectivity index (χ0n) is 22.9. The summed E-state index contributed by atoms with van der Waals surface area (Å²) in [5, 5.41) is 18.3. The van der Waals surface area contributed by atoms with Crippen molar-refractivity contribution in [1.29, 1.82) is 0 Å². The average Bonchev–Trinajstić information content (AvgIpc) is 3.63. The molecule has 0 bridgehead atoms. The van der Waals surface area contributed by atoms with Gasteiger partial charge in [0.15, 0.2) is 5.65 Å². The Morgan fingerprint density at radius 3 is 2.30 bits per heavy atom. The first-order chi connectivity index (χ1) is 19.2. The number of carbonyl (C=O) groups is 2. The van der Waals surface area contributed by atoms with Gasteiger partial charge in [-0.05, 0) is 69.0 Å². The van der Waals surface area contributed by atoms with E-state index in [-0.39, 0.29) is 23.7 Å². The van der Waals surface area contributed by atoms with Crippen molar-refractivity contribution in [2.24, 2.45) is 0 Å². The van der Waals surface area contributed by atoms with Crippen LogP contribution >= 0.6 is 0 Å². The Kier molecular flexibility index (Phi) is 6.44. The Morgan fingerprint density at radius 1 is 0.950 bits per heavy atom. The molecule has 0 radical (unpaired) electrons. The lowest BCUT2D eigenvalue weighted by Gasteiger charge is -2.35. The molecule has 1 aliphatic carbocycles. The number of H-pyrrole nitrogens is 1. The first-order valence-corrected chi connectivity index (χ1v) is 13.7. The average molecular weight is 540 g/mol. The lowest BCUT2D eigenvalue weighted by atomic mass is 10.0. The van der Waals surface area contributed by atoms with Crippen molar-refractivity contribution in [2.75, 3.05) is 26.2 Å². The van der Waals surface area contributed by atoms with Gasteiger partial charge in [0.2, 0.25) is 0 Å². The zero-order chi connectivity index (χ0) is 28.0. The molecule has 4 aromatic rings. The van der Waals surface area contributed by atoms with Crippen LogP contribution in [0.1, 0.15) is 60.6 Å². The number of aromatic amines is 1. The third-order valence-electron chi connectivity index (χ3n) is 7.55. The number of piperazine rings is 1. The number of carbonyl (C=O) groups excluding carboxylic acids is 2. The minimum absolute atomic E-state index is 0.115. The van der Waals surface area contributed by atoms with Crippen molar-refractivity contribution < 1.29 is 19.4 Å². The molecule has 6 rings (SSSR count). The van der Waals surface area contributed by atoms with Crippen molar-refractivity contribution in [3.05, 3.63) is 77.5 Å². The first kappa shape index (κ1) is 25.9. The van der Waals surface area contributed by atoms with E-state index in [2.05, 4.69) is 22.3 Å². The number of aromatic hydroxyl groups is 1. The van der Waals surface area contributed by atoms with E-state index in [0.29, 0.717) is 49.0 Å². The summed E-state index contributed by atoms with van der Waals surface area (Å²) in [6.07, 6.45) is 0.613. The Morgan fingerprint density at radius 2 is 1.62 bits per heavy atom. The molecule has 9 heteroatoms. The van der Waals surface area contributed by atoms with Gasteiger partial charge in [0.1, 0.15) is 11.4 Å². The molecule has 1 saturated heterocycles. The number of phenolic OH excluding ortho intramolecular Hbond substituents is 1. The number of nitrogens with zero attached hydrogens (tertiary/aromatic N) is 4. The van der Waals surface area contributed by atoms with Gasteiger partial charge in [0.25, 0.3) is 5.91 Å². The minimum atomic E-state index is -0.574. The number of ether oxygens (including phenoxy) is 1. The maximum atomic E-state index is 14.1. The summed E-state index contributed by atoms with van der Waals surface area (Å²) in [5.74, 6) is 0.633. The fourth-order valence-electron chi connectivity index (χ4n) is 5.44. The second kappa shape index (κ2) is 9.97. The third-order valence-corrected chi connectivity index (χ3v) is 7.55. The normalized spacial score (nSPS) is 19.1. The van der Waals surface area contributed by atoms with E-state index >= 15 is 0 Å². The summed E-state index contributed by atoms with van der Waals surface area (Å²) in [6, 6.07) is 19.0. The van der Waals surface area contributed by atoms with Gasteiger partial charge in [-0.2, -0.15) is 5.10 Å². The standard InChI is InChI=1S/C31H33N5O4/c1-31(2,3)40-30(39)36-15-13-35(14-16-36)29(38)24-18-25(20-9-11-21(37)12-10-20)32-28-26(24)27(33-34-28)23-17-22(23)19-7-5-4-6-8-19/h4-12,18,22-23,37H,13-17H2,1-3H3,(H,32,33,34). The van der Waals surface area contributed by atoms with Crippen LogP contribution < -0.4 is 0 Å². The van der Waals surface area contributed by atoms with Gasteiger partial charge in [0, 0.05) is 43.4 Å². The van der Waals surface area contributed by atoms with Crippen LogP contribution in [0.4, 0.5) is 4.79 Å². The van der Waals surface area contributed by atoms with Gasteiger partial charge in [-0.25, -0.2) is 9.78 Å². The topological polar surface area (TPSA) is 112 Å². The van der Waals surface area contributed by atoms with Crippen LogP contribution in [-0.4, -0.2) is 73.9 Å². The summed E-state index contributed by atoms with van der Waals surface area (Å²) in [4.78, 5) is 34.9. The summed E-state index contributed by atoms with van der Waals surface area (Å²) in [7, 11) is 0. The summed E-state index contributed by atoms with van der Waals surface area (Å²) < 4.78 is 5.52. The molecule has 0 spiro atoms. The third kappa shape index (κ3) is 5.11. The maximum absolute atomic E-state index is 14.1. The molecule has 40 heavy (non-hydrogen) atoms. The molecule has 2 aliphatic rings. The number of fused-ring (bicyclic) bond motifs is 1. The second-order valence-electron chi connectivity index (χ2n) is 11.6. The molecule has 2 atom stereocenters. The van der Waals surface area contributed by atoms with Crippen molar-refractivity contribution in [3.63, 3.8) is 0 Å². The fraction of sp³-hybridized carbons (Fsp3) is 0.355. The molecule has 1 saturated carbocycles. The highest BCUT2D eigenvalue weighted by Gasteiger charge is 2.43. The van der Waals surface area contributed by atoms with E-state index in [1.807, 2.05) is 45.0 Å². The quantitative estimate of drug-likeness (QED) is 0.364. The lowest BCUT2D eigenvalue weighted by molar-refractivity contribution is 0.0141. The summed E-state index contributed by atoms with van der Waals surface area (Å²) in [6.45, 7) is 7.13. The molecule has 206 valence electrons. The van der Waals surface area contributed by atoms with E-state index in [9.17, 15) is 14.7 Å². The molecule has 2 amide bonds. The van der Waals surface area contributed by atoms with Crippen LogP contribution in [0.2, 0.25) is 0 Å². The number of hydrogen-bond donors (Lipinski definition) is 2. The van der Waals surface area contributed by atoms with E-state index in [4.69, 9.17) is 9.72 Å². The number of benzene rings is 2. The Hall–Kier alpha value is -4.40. The van der Waals surface area contributed by atoms with Gasteiger partial charge in [-0.1, -0.05) is 30.3 Å². The lowest BCUT2D eigenvalue weighted by Crippen LogP contribution is -2.51. The van der Waals surface area contributed by atoms with E-state index in [1.54, 1.807) is 34.1 Å². The molecular weight excluding hydrogens is 506 g/mol. The van der Waals surface area contributed by atoms with Gasteiger partial charge < -0.3 is 19.6 Å². The molecule has 9 nitrogen and oxygen atoms in total. The zero-order valence-corrected chi connectivity index (χ0v) is 22.9. The smallest absolute Gasteiger partial charge is 0.410 e. The van der Waals surface area contributed by atoms with Gasteiger partial charge in [-0.15, -0.1) is 0 Å². The van der Waals surface area contributed by atoms with Crippen LogP contribution in [0.5, 0.6) is 5.75 Å². The molecule has 2 aromatic heterocycles. The summed E-state index contributed by atoms with van der Waals surface area (Å²) >= 11 is 0. The van der Waals surface area contributed by atoms with Crippen LogP contribution in [0.15, 0.2) is 60.7 Å². The molecule has 2 fully saturated rings. The van der Waals surface area contributed by atoms with Gasteiger partial charge in [-0.3, -0.25) is 9.89 Å². The number of aromatic nitrogens is 3. The Balaban J connectivity index is 1.32. The molecule has 2 N–H and O–H groups in total. The van der Waals surface area contributed by atoms with E-state index in [0.717, 1.165) is 23.1 Å². The number of phenols is 1. The molecule has 3 heterocycles. The highest BCUT2D eigenvalue weighted by molar-refractivity contribution is 6.07. The SMILES string of the molecule is CC(C)(C)OC(=O)N1CCN(C(=O)c2cc(-c3ccc(O)cc3)nc3n[nH]c(C4CC4c4ccccc4)c23)CC1. The van der Waals surface area contributed by atoms with Crippen LogP contribution in [0, 0.1) is 0 Å². The van der Waals surface area contributed by atoms with Crippen molar-refractivity contribution in [2.45, 2.75) is 44.6 Å². The predicted molar refractivity (Wildman–Crippen MR) is 151 cm³/mol. The Labute approximate surface area is 232 Å². The molecule has 2 aromatic carbocycles. The maximum Gasteiger partial charge on any atom is 0.410 e. The highest BCUT2D eigenvalue weighted by Crippen LogP contribution is 2.55. The van der Waals surface area contributed by atoms with Crippen molar-refractivity contribution >= 4 is 23.0 Å². The number of pyridine rings is 1. The van der Waals surface area contributed by atoms with Crippen LogP contribution in [0.25, 0.3) is 22.3 Å². The summed E-state index contributed by atoms with van der Waals surface area (Å²) in [5.41, 5.74) is 4.06. The van der Waals surface area contributed by atoms with Crippen molar-refractivity contribution in [3.8, 4) is 17.0 Å². The number of hydrogen-bond acceptors (Lipinski definition) is 6. The molecule has 1 aliphatic heterocycles. The van der Waals surface area contributed by atoms with Crippen molar-refractivity contribution in [1.82, 2.24) is 25.0 Å². The molecular formula is C31H33N5O4.